The molecule has 0 heterocycles. The number of benzene rings is 2. The number of ether oxygens (including phenoxy) is 4. The van der Waals surface area contributed by atoms with Crippen LogP contribution in [0.2, 0.25) is 0 Å². The van der Waals surface area contributed by atoms with Gasteiger partial charge in [-0.3, -0.25) is 0 Å². The van der Waals surface area contributed by atoms with Gasteiger partial charge in [0.15, 0.2) is 21.3 Å². The molecule has 0 fully saturated rings. The molecule has 0 saturated carbocycles. The van der Waals surface area contributed by atoms with E-state index in [2.05, 4.69) is 0 Å². The van der Waals surface area contributed by atoms with E-state index in [1.54, 1.807) is 43.5 Å². The summed E-state index contributed by atoms with van der Waals surface area (Å²) >= 11 is 0. The molecule has 2 aromatic carbocycles. The Kier molecular flexibility index (Phi) is 6.52. The third-order valence-electron chi connectivity index (χ3n) is 3.72. The fourth-order valence-electron chi connectivity index (χ4n) is 2.43. The van der Waals surface area contributed by atoms with Crippen LogP contribution >= 0.6 is 0 Å². The Balaban J connectivity index is 2.26. The molecule has 0 radical (unpaired) electrons. The Labute approximate surface area is 153 Å². The monoisotopic (exact) mass is 378 g/mol. The predicted octanol–water partition coefficient (Wildman–Crippen LogP) is 3.31. The van der Waals surface area contributed by atoms with E-state index >= 15 is 0 Å². The van der Waals surface area contributed by atoms with Gasteiger partial charge in [0.2, 0.25) is 5.75 Å². The molecular formula is C19H22O6S. The number of methoxy groups -OCH3 is 4. The van der Waals surface area contributed by atoms with Crippen LogP contribution in [0.1, 0.15) is 11.1 Å². The van der Waals surface area contributed by atoms with Crippen LogP contribution in [0.25, 0.3) is 6.08 Å². The lowest BCUT2D eigenvalue weighted by Gasteiger charge is -2.14. The normalized spacial score (nSPS) is 11.4. The Hall–Kier alpha value is -2.67. The first-order chi connectivity index (χ1) is 12.4. The van der Waals surface area contributed by atoms with E-state index in [0.717, 1.165) is 0 Å². The largest absolute Gasteiger partial charge is 0.497 e. The molecule has 0 aliphatic rings. The molecule has 0 aromatic heterocycles. The first-order valence-corrected chi connectivity index (χ1v) is 9.48. The third kappa shape index (κ3) is 4.70. The minimum atomic E-state index is -3.46. The Morgan fingerprint density at radius 3 is 2.00 bits per heavy atom. The smallest absolute Gasteiger partial charge is 0.203 e. The van der Waals surface area contributed by atoms with Crippen molar-refractivity contribution in [1.82, 2.24) is 0 Å². The third-order valence-corrected chi connectivity index (χ3v) is 5.00. The molecule has 0 aliphatic carbocycles. The molecule has 0 N–H and O–H groups in total. The number of hydrogen-bond donors (Lipinski definition) is 0. The molecule has 2 rings (SSSR count). The highest BCUT2D eigenvalue weighted by Crippen LogP contribution is 2.40. The molecule has 0 saturated heterocycles. The predicted molar refractivity (Wildman–Crippen MR) is 101 cm³/mol. The zero-order chi connectivity index (χ0) is 19.2. The van der Waals surface area contributed by atoms with Crippen molar-refractivity contribution < 1.29 is 27.4 Å². The molecule has 7 heteroatoms. The van der Waals surface area contributed by atoms with Crippen LogP contribution in [-0.2, 0) is 15.6 Å². The second-order valence-corrected chi connectivity index (χ2v) is 7.27. The first-order valence-electron chi connectivity index (χ1n) is 7.76. The van der Waals surface area contributed by atoms with Crippen LogP contribution in [0.4, 0.5) is 0 Å². The summed E-state index contributed by atoms with van der Waals surface area (Å²) in [6, 6.07) is 10.3. The zero-order valence-electron chi connectivity index (χ0n) is 15.2. The second kappa shape index (κ2) is 8.62. The molecule has 26 heavy (non-hydrogen) atoms. The van der Waals surface area contributed by atoms with E-state index < -0.39 is 9.84 Å². The van der Waals surface area contributed by atoms with Crippen molar-refractivity contribution in [2.45, 2.75) is 5.75 Å². The second-order valence-electron chi connectivity index (χ2n) is 5.38. The molecule has 0 spiro atoms. The highest BCUT2D eigenvalue weighted by Gasteiger charge is 2.15. The summed E-state index contributed by atoms with van der Waals surface area (Å²) in [6.45, 7) is 0. The van der Waals surface area contributed by atoms with Gasteiger partial charge in [-0.2, -0.15) is 0 Å². The van der Waals surface area contributed by atoms with Gasteiger partial charge in [0.25, 0.3) is 0 Å². The van der Waals surface area contributed by atoms with Crippen LogP contribution in [0, 0.1) is 0 Å². The Morgan fingerprint density at radius 1 is 0.808 bits per heavy atom. The van der Waals surface area contributed by atoms with Crippen molar-refractivity contribution in [1.29, 1.82) is 0 Å². The fourth-order valence-corrected chi connectivity index (χ4v) is 3.54. The van der Waals surface area contributed by atoms with E-state index in [0.29, 0.717) is 34.1 Å². The van der Waals surface area contributed by atoms with Gasteiger partial charge < -0.3 is 18.9 Å². The van der Waals surface area contributed by atoms with Gasteiger partial charge in [0.05, 0.1) is 34.2 Å². The van der Waals surface area contributed by atoms with E-state index in [1.165, 1.54) is 32.8 Å². The minimum absolute atomic E-state index is 0.108. The van der Waals surface area contributed by atoms with Crippen LogP contribution in [0.3, 0.4) is 0 Å². The number of sulfone groups is 1. The molecule has 140 valence electrons. The maximum Gasteiger partial charge on any atom is 0.203 e. The fraction of sp³-hybridized carbons (Fsp3) is 0.263. The topological polar surface area (TPSA) is 71.1 Å². The van der Waals surface area contributed by atoms with Crippen molar-refractivity contribution >= 4 is 15.9 Å². The van der Waals surface area contributed by atoms with Crippen molar-refractivity contribution in [3.05, 3.63) is 52.9 Å². The SMILES string of the molecule is COc1ccc(CS(=O)(=O)/C=C/c2ccc(OC)c(OC)c2OC)cc1. The Morgan fingerprint density at radius 2 is 1.46 bits per heavy atom. The van der Waals surface area contributed by atoms with Crippen LogP contribution in [0.5, 0.6) is 23.0 Å². The van der Waals surface area contributed by atoms with Crippen molar-refractivity contribution in [2.75, 3.05) is 28.4 Å². The van der Waals surface area contributed by atoms with Gasteiger partial charge in [-0.25, -0.2) is 8.42 Å². The minimum Gasteiger partial charge on any atom is -0.497 e. The molecule has 0 bridgehead atoms. The van der Waals surface area contributed by atoms with Crippen LogP contribution < -0.4 is 18.9 Å². The average molecular weight is 378 g/mol. The lowest BCUT2D eigenvalue weighted by Crippen LogP contribution is -2.00. The maximum absolute atomic E-state index is 12.4. The van der Waals surface area contributed by atoms with Gasteiger partial charge in [-0.15, -0.1) is 0 Å². The molecule has 0 amide bonds. The Bertz CT molecular complexity index is 870. The van der Waals surface area contributed by atoms with Gasteiger partial charge in [-0.05, 0) is 35.9 Å². The standard InChI is InChI=1S/C19H22O6S/c1-22-16-8-5-14(6-9-16)13-26(20,21)12-11-15-7-10-17(23-2)19(25-4)18(15)24-3/h5-12H,13H2,1-4H3/b12-11+. The summed E-state index contributed by atoms with van der Waals surface area (Å²) in [7, 11) is 2.60. The summed E-state index contributed by atoms with van der Waals surface area (Å²) in [6.07, 6.45) is 1.49. The molecule has 0 aliphatic heterocycles. The van der Waals surface area contributed by atoms with Crippen molar-refractivity contribution in [3.8, 4) is 23.0 Å². The number of hydrogen-bond acceptors (Lipinski definition) is 6. The summed E-state index contributed by atoms with van der Waals surface area (Å²) in [5, 5.41) is 1.17. The van der Waals surface area contributed by atoms with Crippen LogP contribution in [-0.4, -0.2) is 36.9 Å². The van der Waals surface area contributed by atoms with E-state index in [-0.39, 0.29) is 5.75 Å². The molecule has 2 aromatic rings. The lowest BCUT2D eigenvalue weighted by molar-refractivity contribution is 0.324. The molecule has 0 atom stereocenters. The quantitative estimate of drug-likeness (QED) is 0.702. The molecular weight excluding hydrogens is 356 g/mol. The zero-order valence-corrected chi connectivity index (χ0v) is 16.0. The van der Waals surface area contributed by atoms with Gasteiger partial charge in [0, 0.05) is 11.0 Å². The molecule has 0 unspecified atom stereocenters. The number of rotatable bonds is 8. The lowest BCUT2D eigenvalue weighted by atomic mass is 10.1. The average Bonchev–Trinajstić information content (AvgIpc) is 2.65. The van der Waals surface area contributed by atoms with Gasteiger partial charge >= 0.3 is 0 Å². The summed E-state index contributed by atoms with van der Waals surface area (Å²) in [5.41, 5.74) is 1.25. The van der Waals surface area contributed by atoms with Crippen molar-refractivity contribution in [2.24, 2.45) is 0 Å². The van der Waals surface area contributed by atoms with Crippen molar-refractivity contribution in [3.63, 3.8) is 0 Å². The first kappa shape index (κ1) is 19.7. The van der Waals surface area contributed by atoms with E-state index in [4.69, 9.17) is 18.9 Å². The van der Waals surface area contributed by atoms with Gasteiger partial charge in [0.1, 0.15) is 5.75 Å². The van der Waals surface area contributed by atoms with Crippen LogP contribution in [0.15, 0.2) is 41.8 Å². The summed E-state index contributed by atoms with van der Waals surface area (Å²) < 4.78 is 45.7. The highest BCUT2D eigenvalue weighted by molar-refractivity contribution is 7.93. The van der Waals surface area contributed by atoms with E-state index in [9.17, 15) is 8.42 Å². The van der Waals surface area contributed by atoms with E-state index in [1.807, 2.05) is 0 Å². The van der Waals surface area contributed by atoms with Gasteiger partial charge in [-0.1, -0.05) is 12.1 Å². The summed E-state index contributed by atoms with van der Waals surface area (Å²) in [5.74, 6) is 1.88. The maximum atomic E-state index is 12.4. The summed E-state index contributed by atoms with van der Waals surface area (Å²) in [4.78, 5) is 0. The highest BCUT2D eigenvalue weighted by atomic mass is 32.2. The molecule has 6 nitrogen and oxygen atoms in total.